The maximum atomic E-state index is 12.0. The maximum Gasteiger partial charge on any atom is 0.223 e. The van der Waals surface area contributed by atoms with Crippen molar-refractivity contribution >= 4 is 5.91 Å². The van der Waals surface area contributed by atoms with E-state index >= 15 is 0 Å². The number of piperidine rings is 1. The van der Waals surface area contributed by atoms with Gasteiger partial charge in [0.1, 0.15) is 5.75 Å². The quantitative estimate of drug-likeness (QED) is 0.868. The Kier molecular flexibility index (Phi) is 5.41. The summed E-state index contributed by atoms with van der Waals surface area (Å²) in [4.78, 5) is 14.0. The van der Waals surface area contributed by atoms with Gasteiger partial charge in [-0.05, 0) is 43.9 Å². The van der Waals surface area contributed by atoms with Gasteiger partial charge in [-0.25, -0.2) is 0 Å². The Labute approximate surface area is 120 Å². The Morgan fingerprint density at radius 3 is 2.80 bits per heavy atom. The molecule has 1 unspecified atom stereocenters. The number of nitrogens with zero attached hydrogens (tertiary/aromatic N) is 1. The van der Waals surface area contributed by atoms with Gasteiger partial charge < -0.3 is 15.3 Å². The van der Waals surface area contributed by atoms with Crippen LogP contribution < -0.4 is 5.32 Å². The second-order valence-electron chi connectivity index (χ2n) is 5.46. The molecular weight excluding hydrogens is 252 g/mol. The lowest BCUT2D eigenvalue weighted by atomic mass is 10.1. The molecule has 1 aromatic rings. The Morgan fingerprint density at radius 1 is 1.35 bits per heavy atom. The van der Waals surface area contributed by atoms with E-state index in [1.54, 1.807) is 12.1 Å². The first-order valence-electron chi connectivity index (χ1n) is 7.47. The largest absolute Gasteiger partial charge is 0.508 e. The van der Waals surface area contributed by atoms with E-state index < -0.39 is 0 Å². The molecule has 1 fully saturated rings. The van der Waals surface area contributed by atoms with E-state index in [2.05, 4.69) is 5.32 Å². The molecule has 20 heavy (non-hydrogen) atoms. The summed E-state index contributed by atoms with van der Waals surface area (Å²) in [6.07, 6.45) is 4.07. The Hall–Kier alpha value is -1.55. The molecule has 1 aliphatic heterocycles. The highest BCUT2D eigenvalue weighted by atomic mass is 16.3. The number of phenols is 1. The topological polar surface area (TPSA) is 52.6 Å². The van der Waals surface area contributed by atoms with Gasteiger partial charge in [-0.3, -0.25) is 4.79 Å². The highest BCUT2D eigenvalue weighted by Crippen LogP contribution is 2.17. The summed E-state index contributed by atoms with van der Waals surface area (Å²) in [5.41, 5.74) is 1.04. The SMILES string of the molecule is CC(NCCC(=O)N1CCCCC1)c1cccc(O)c1. The van der Waals surface area contributed by atoms with Gasteiger partial charge in [-0.15, -0.1) is 0 Å². The van der Waals surface area contributed by atoms with Crippen molar-refractivity contribution < 1.29 is 9.90 Å². The number of hydrogen-bond donors (Lipinski definition) is 2. The van der Waals surface area contributed by atoms with E-state index in [0.29, 0.717) is 13.0 Å². The molecule has 110 valence electrons. The van der Waals surface area contributed by atoms with Gasteiger partial charge in [0.15, 0.2) is 0 Å². The van der Waals surface area contributed by atoms with E-state index in [9.17, 15) is 9.90 Å². The fraction of sp³-hybridized carbons (Fsp3) is 0.562. The number of carbonyl (C=O) groups excluding carboxylic acids is 1. The van der Waals surface area contributed by atoms with Gasteiger partial charge in [0.25, 0.3) is 0 Å². The van der Waals surface area contributed by atoms with E-state index in [-0.39, 0.29) is 17.7 Å². The average Bonchev–Trinajstić information content (AvgIpc) is 2.48. The Balaban J connectivity index is 1.73. The summed E-state index contributed by atoms with van der Waals surface area (Å²) in [6.45, 7) is 4.55. The van der Waals surface area contributed by atoms with Crippen LogP contribution in [0.2, 0.25) is 0 Å². The number of carbonyl (C=O) groups is 1. The molecule has 1 heterocycles. The zero-order chi connectivity index (χ0) is 14.4. The molecule has 0 spiro atoms. The summed E-state index contributed by atoms with van der Waals surface area (Å²) in [7, 11) is 0. The van der Waals surface area contributed by atoms with Crippen molar-refractivity contribution in [2.24, 2.45) is 0 Å². The summed E-state index contributed by atoms with van der Waals surface area (Å²) in [6, 6.07) is 7.36. The third-order valence-corrected chi connectivity index (χ3v) is 3.87. The molecule has 0 aromatic heterocycles. The lowest BCUT2D eigenvalue weighted by molar-refractivity contribution is -0.132. The molecule has 1 atom stereocenters. The number of benzene rings is 1. The van der Waals surface area contributed by atoms with Crippen LogP contribution in [0.3, 0.4) is 0 Å². The van der Waals surface area contributed by atoms with Crippen molar-refractivity contribution in [1.29, 1.82) is 0 Å². The maximum absolute atomic E-state index is 12.0. The molecule has 0 bridgehead atoms. The second kappa shape index (κ2) is 7.29. The minimum atomic E-state index is 0.135. The van der Waals surface area contributed by atoms with Crippen LogP contribution in [0.1, 0.15) is 44.2 Å². The fourth-order valence-corrected chi connectivity index (χ4v) is 2.61. The van der Waals surface area contributed by atoms with Crippen LogP contribution in [0, 0.1) is 0 Å². The monoisotopic (exact) mass is 276 g/mol. The number of rotatable bonds is 5. The molecule has 0 radical (unpaired) electrons. The first-order chi connectivity index (χ1) is 9.66. The highest BCUT2D eigenvalue weighted by molar-refractivity contribution is 5.76. The van der Waals surface area contributed by atoms with Crippen molar-refractivity contribution in [3.8, 4) is 5.75 Å². The lowest BCUT2D eigenvalue weighted by Gasteiger charge is -2.27. The van der Waals surface area contributed by atoms with Gasteiger partial charge in [-0.2, -0.15) is 0 Å². The van der Waals surface area contributed by atoms with E-state index in [4.69, 9.17) is 0 Å². The molecule has 4 nitrogen and oxygen atoms in total. The summed E-state index contributed by atoms with van der Waals surface area (Å²) >= 11 is 0. The number of likely N-dealkylation sites (tertiary alicyclic amines) is 1. The number of amides is 1. The predicted molar refractivity (Wildman–Crippen MR) is 79.6 cm³/mol. The molecule has 0 aliphatic carbocycles. The average molecular weight is 276 g/mol. The third-order valence-electron chi connectivity index (χ3n) is 3.87. The van der Waals surface area contributed by atoms with Crippen molar-refractivity contribution in [1.82, 2.24) is 10.2 Å². The fourth-order valence-electron chi connectivity index (χ4n) is 2.61. The number of aromatic hydroxyl groups is 1. The number of phenolic OH excluding ortho intramolecular Hbond substituents is 1. The lowest BCUT2D eigenvalue weighted by Crippen LogP contribution is -2.37. The van der Waals surface area contributed by atoms with E-state index in [1.165, 1.54) is 6.42 Å². The van der Waals surface area contributed by atoms with Crippen LogP contribution in [0.5, 0.6) is 5.75 Å². The Morgan fingerprint density at radius 2 is 2.10 bits per heavy atom. The van der Waals surface area contributed by atoms with Crippen LogP contribution in [0.25, 0.3) is 0 Å². The van der Waals surface area contributed by atoms with Crippen LogP contribution in [0.4, 0.5) is 0 Å². The summed E-state index contributed by atoms with van der Waals surface area (Å²) < 4.78 is 0. The van der Waals surface area contributed by atoms with Crippen LogP contribution in [-0.2, 0) is 4.79 Å². The molecule has 0 saturated carbocycles. The molecule has 1 aliphatic rings. The zero-order valence-corrected chi connectivity index (χ0v) is 12.1. The molecule has 1 amide bonds. The van der Waals surface area contributed by atoms with Gasteiger partial charge in [0, 0.05) is 32.1 Å². The third kappa shape index (κ3) is 4.23. The smallest absolute Gasteiger partial charge is 0.223 e. The molecule has 2 N–H and O–H groups in total. The van der Waals surface area contributed by atoms with Gasteiger partial charge >= 0.3 is 0 Å². The first-order valence-corrected chi connectivity index (χ1v) is 7.47. The van der Waals surface area contributed by atoms with Crippen molar-refractivity contribution in [3.05, 3.63) is 29.8 Å². The molecule has 1 saturated heterocycles. The summed E-state index contributed by atoms with van der Waals surface area (Å²) in [5.74, 6) is 0.529. The first kappa shape index (κ1) is 14.9. The standard InChI is InChI=1S/C16H24N2O2/c1-13(14-6-5-7-15(19)12-14)17-9-8-16(20)18-10-3-2-4-11-18/h5-7,12-13,17,19H,2-4,8-11H2,1H3. The van der Waals surface area contributed by atoms with Gasteiger partial charge in [-0.1, -0.05) is 12.1 Å². The number of hydrogen-bond acceptors (Lipinski definition) is 3. The van der Waals surface area contributed by atoms with Gasteiger partial charge in [0.05, 0.1) is 0 Å². The summed E-state index contributed by atoms with van der Waals surface area (Å²) in [5, 5.41) is 12.8. The molecule has 2 rings (SSSR count). The zero-order valence-electron chi connectivity index (χ0n) is 12.1. The molecule has 4 heteroatoms. The van der Waals surface area contributed by atoms with E-state index in [0.717, 1.165) is 31.5 Å². The normalized spacial score (nSPS) is 16.9. The molecule has 1 aromatic carbocycles. The van der Waals surface area contributed by atoms with Crippen molar-refractivity contribution in [3.63, 3.8) is 0 Å². The highest BCUT2D eigenvalue weighted by Gasteiger charge is 2.16. The minimum absolute atomic E-state index is 0.135. The van der Waals surface area contributed by atoms with E-state index in [1.807, 2.05) is 24.0 Å². The number of nitrogens with one attached hydrogen (secondary N) is 1. The predicted octanol–water partition coefficient (Wildman–Crippen LogP) is 2.45. The Bertz CT molecular complexity index is 442. The van der Waals surface area contributed by atoms with Crippen molar-refractivity contribution in [2.75, 3.05) is 19.6 Å². The van der Waals surface area contributed by atoms with Crippen LogP contribution in [0.15, 0.2) is 24.3 Å². The molecular formula is C16H24N2O2. The van der Waals surface area contributed by atoms with Crippen LogP contribution >= 0.6 is 0 Å². The van der Waals surface area contributed by atoms with Crippen LogP contribution in [-0.4, -0.2) is 35.5 Å². The van der Waals surface area contributed by atoms with Gasteiger partial charge in [0.2, 0.25) is 5.91 Å². The minimum Gasteiger partial charge on any atom is -0.508 e. The van der Waals surface area contributed by atoms with Crippen molar-refractivity contribution in [2.45, 2.75) is 38.6 Å². The second-order valence-corrected chi connectivity index (χ2v) is 5.46.